The maximum Gasteiger partial charge on any atom is 0.271 e. The van der Waals surface area contributed by atoms with Gasteiger partial charge in [0.1, 0.15) is 0 Å². The molecule has 4 nitrogen and oxygen atoms in total. The SMILES string of the molecule is C[Si](C)(C)OCc1cc(=O)n(-c2ccccc2)[nH]1. The van der Waals surface area contributed by atoms with Crippen molar-refractivity contribution in [2.24, 2.45) is 0 Å². The predicted octanol–water partition coefficient (Wildman–Crippen LogP) is 2.52. The van der Waals surface area contributed by atoms with E-state index in [1.165, 1.54) is 4.68 Å². The van der Waals surface area contributed by atoms with Crippen molar-refractivity contribution < 1.29 is 4.43 Å². The van der Waals surface area contributed by atoms with Crippen LogP contribution in [0.3, 0.4) is 0 Å². The van der Waals surface area contributed by atoms with E-state index in [0.717, 1.165) is 11.4 Å². The second-order valence-electron chi connectivity index (χ2n) is 5.19. The minimum absolute atomic E-state index is 0.0598. The normalized spacial score (nSPS) is 11.7. The summed E-state index contributed by atoms with van der Waals surface area (Å²) in [5.41, 5.74) is 1.59. The summed E-state index contributed by atoms with van der Waals surface area (Å²) in [6.07, 6.45) is 0. The zero-order chi connectivity index (χ0) is 13.2. The van der Waals surface area contributed by atoms with Crippen LogP contribution in [0, 0.1) is 0 Å². The smallest absolute Gasteiger partial charge is 0.271 e. The molecule has 2 rings (SSSR count). The maximum atomic E-state index is 11.9. The molecule has 0 aliphatic carbocycles. The van der Waals surface area contributed by atoms with E-state index in [9.17, 15) is 4.79 Å². The molecule has 0 saturated carbocycles. The number of nitrogens with one attached hydrogen (secondary N) is 1. The molecule has 1 heterocycles. The molecule has 5 heteroatoms. The summed E-state index contributed by atoms with van der Waals surface area (Å²) in [5.74, 6) is 0. The van der Waals surface area contributed by atoms with E-state index >= 15 is 0 Å². The molecule has 0 unspecified atom stereocenters. The lowest BCUT2D eigenvalue weighted by atomic mass is 10.3. The molecule has 0 fully saturated rings. The van der Waals surface area contributed by atoms with Crippen LogP contribution in [-0.2, 0) is 11.0 Å². The van der Waals surface area contributed by atoms with Crippen LogP contribution in [0.1, 0.15) is 5.69 Å². The lowest BCUT2D eigenvalue weighted by Gasteiger charge is -2.16. The molecule has 0 radical (unpaired) electrons. The Hall–Kier alpha value is -1.59. The Bertz CT molecular complexity index is 567. The van der Waals surface area contributed by atoms with E-state index in [-0.39, 0.29) is 5.56 Å². The van der Waals surface area contributed by atoms with E-state index in [1.807, 2.05) is 30.3 Å². The second-order valence-corrected chi connectivity index (χ2v) is 9.71. The largest absolute Gasteiger partial charge is 0.412 e. The zero-order valence-corrected chi connectivity index (χ0v) is 11.9. The highest BCUT2D eigenvalue weighted by molar-refractivity contribution is 6.69. The van der Waals surface area contributed by atoms with Crippen LogP contribution < -0.4 is 5.56 Å². The molecule has 0 amide bonds. The van der Waals surface area contributed by atoms with Crippen LogP contribution in [-0.4, -0.2) is 18.1 Å². The summed E-state index contributed by atoms with van der Waals surface area (Å²) < 4.78 is 7.31. The van der Waals surface area contributed by atoms with E-state index in [1.54, 1.807) is 6.07 Å². The van der Waals surface area contributed by atoms with E-state index < -0.39 is 8.32 Å². The van der Waals surface area contributed by atoms with Gasteiger partial charge in [0, 0.05) is 6.07 Å². The Morgan fingerprint density at radius 2 is 1.89 bits per heavy atom. The number of nitrogens with zero attached hydrogens (tertiary/aromatic N) is 1. The lowest BCUT2D eigenvalue weighted by Crippen LogP contribution is -2.24. The fourth-order valence-corrected chi connectivity index (χ4v) is 2.17. The molecule has 0 saturated heterocycles. The van der Waals surface area contributed by atoms with Gasteiger partial charge in [0.15, 0.2) is 8.32 Å². The minimum Gasteiger partial charge on any atom is -0.412 e. The molecule has 1 N–H and O–H groups in total. The van der Waals surface area contributed by atoms with Crippen molar-refractivity contribution >= 4 is 8.32 Å². The molecule has 0 spiro atoms. The average Bonchev–Trinajstić information content (AvgIpc) is 2.68. The van der Waals surface area contributed by atoms with Gasteiger partial charge in [-0.1, -0.05) is 18.2 Å². The third-order valence-electron chi connectivity index (χ3n) is 2.45. The molecule has 2 aromatic rings. The van der Waals surface area contributed by atoms with Crippen LogP contribution in [0.5, 0.6) is 0 Å². The Balaban J connectivity index is 2.21. The van der Waals surface area contributed by atoms with Gasteiger partial charge >= 0.3 is 0 Å². The summed E-state index contributed by atoms with van der Waals surface area (Å²) in [6, 6.07) is 11.1. The Labute approximate surface area is 107 Å². The lowest BCUT2D eigenvalue weighted by molar-refractivity contribution is 0.294. The molecular weight excluding hydrogens is 244 g/mol. The van der Waals surface area contributed by atoms with Crippen molar-refractivity contribution in [3.63, 3.8) is 0 Å². The summed E-state index contributed by atoms with van der Waals surface area (Å²) >= 11 is 0. The topological polar surface area (TPSA) is 47.0 Å². The molecule has 1 aromatic carbocycles. The molecule has 0 atom stereocenters. The average molecular weight is 262 g/mol. The number of aromatic nitrogens is 2. The molecular formula is C13H18N2O2Si. The van der Waals surface area contributed by atoms with Gasteiger partial charge in [0.05, 0.1) is 18.0 Å². The van der Waals surface area contributed by atoms with Crippen molar-refractivity contribution in [3.05, 3.63) is 52.4 Å². The van der Waals surface area contributed by atoms with Crippen LogP contribution in [0.4, 0.5) is 0 Å². The van der Waals surface area contributed by atoms with Crippen molar-refractivity contribution in [1.82, 2.24) is 9.78 Å². The van der Waals surface area contributed by atoms with Gasteiger partial charge in [0.2, 0.25) is 0 Å². The highest BCUT2D eigenvalue weighted by atomic mass is 28.4. The Morgan fingerprint density at radius 1 is 1.22 bits per heavy atom. The third-order valence-corrected chi connectivity index (χ3v) is 3.46. The number of para-hydroxylation sites is 1. The van der Waals surface area contributed by atoms with Gasteiger partial charge in [-0.05, 0) is 31.8 Å². The molecule has 0 bridgehead atoms. The van der Waals surface area contributed by atoms with E-state index in [2.05, 4.69) is 24.7 Å². The third kappa shape index (κ3) is 3.21. The first-order chi connectivity index (χ1) is 8.46. The first-order valence-corrected chi connectivity index (χ1v) is 9.37. The second kappa shape index (κ2) is 4.95. The summed E-state index contributed by atoms with van der Waals surface area (Å²) in [4.78, 5) is 11.9. The van der Waals surface area contributed by atoms with E-state index in [4.69, 9.17) is 4.43 Å². The summed E-state index contributed by atoms with van der Waals surface area (Å²) in [6.45, 7) is 6.84. The number of H-pyrrole nitrogens is 1. The minimum atomic E-state index is -1.56. The quantitative estimate of drug-likeness (QED) is 0.861. The van der Waals surface area contributed by atoms with Crippen molar-refractivity contribution in [2.45, 2.75) is 26.2 Å². The first kappa shape index (κ1) is 12.9. The predicted molar refractivity (Wildman–Crippen MR) is 74.5 cm³/mol. The van der Waals surface area contributed by atoms with Gasteiger partial charge in [-0.2, -0.15) is 0 Å². The number of benzene rings is 1. The fraction of sp³-hybridized carbons (Fsp3) is 0.308. The Kier molecular flexibility index (Phi) is 3.54. The summed E-state index contributed by atoms with van der Waals surface area (Å²) in [7, 11) is -1.56. The van der Waals surface area contributed by atoms with Gasteiger partial charge in [0.25, 0.3) is 5.56 Å². The number of rotatable bonds is 4. The van der Waals surface area contributed by atoms with Crippen molar-refractivity contribution in [3.8, 4) is 5.69 Å². The van der Waals surface area contributed by atoms with Crippen molar-refractivity contribution in [2.75, 3.05) is 0 Å². The zero-order valence-electron chi connectivity index (χ0n) is 10.9. The maximum absolute atomic E-state index is 11.9. The standard InChI is InChI=1S/C13H18N2O2Si/c1-18(2,3)17-10-11-9-13(16)15(14-11)12-7-5-4-6-8-12/h4-9,14H,10H2,1-3H3. The number of hydrogen-bond donors (Lipinski definition) is 1. The van der Waals surface area contributed by atoms with Gasteiger partial charge < -0.3 is 4.43 Å². The van der Waals surface area contributed by atoms with E-state index in [0.29, 0.717) is 6.61 Å². The molecule has 0 aliphatic rings. The molecule has 0 aliphatic heterocycles. The highest BCUT2D eigenvalue weighted by Gasteiger charge is 2.15. The van der Waals surface area contributed by atoms with Crippen LogP contribution in [0.15, 0.2) is 41.2 Å². The van der Waals surface area contributed by atoms with Crippen molar-refractivity contribution in [1.29, 1.82) is 0 Å². The first-order valence-electron chi connectivity index (χ1n) is 5.96. The van der Waals surface area contributed by atoms with Gasteiger partial charge in [-0.15, -0.1) is 0 Å². The number of aromatic amines is 1. The highest BCUT2D eigenvalue weighted by Crippen LogP contribution is 2.08. The van der Waals surface area contributed by atoms with Crippen LogP contribution >= 0.6 is 0 Å². The van der Waals surface area contributed by atoms with Crippen LogP contribution in [0.2, 0.25) is 19.6 Å². The Morgan fingerprint density at radius 3 is 2.50 bits per heavy atom. The van der Waals surface area contributed by atoms with Gasteiger partial charge in [-0.3, -0.25) is 9.89 Å². The molecule has 96 valence electrons. The molecule has 18 heavy (non-hydrogen) atoms. The fourth-order valence-electron chi connectivity index (χ4n) is 1.58. The summed E-state index contributed by atoms with van der Waals surface area (Å²) in [5, 5.41) is 3.07. The number of hydrogen-bond acceptors (Lipinski definition) is 2. The van der Waals surface area contributed by atoms with Crippen LogP contribution in [0.25, 0.3) is 5.69 Å². The molecule has 1 aromatic heterocycles. The van der Waals surface area contributed by atoms with Gasteiger partial charge in [-0.25, -0.2) is 4.68 Å². The monoisotopic (exact) mass is 262 g/mol.